The molecular formula is C20H24N2O5. The molecule has 0 saturated heterocycles. The predicted molar refractivity (Wildman–Crippen MR) is 97.1 cm³/mol. The SMILES string of the molecule is CCOc1ccc(C(=O)CCC(=O)OCC(=O)NC2(C#N)CCCC2)cc1. The minimum Gasteiger partial charge on any atom is -0.494 e. The van der Waals surface area contributed by atoms with E-state index in [0.29, 0.717) is 30.8 Å². The number of ketones is 1. The second-order valence-electron chi connectivity index (χ2n) is 6.49. The van der Waals surface area contributed by atoms with Gasteiger partial charge in [0.25, 0.3) is 5.91 Å². The average molecular weight is 372 g/mol. The molecule has 0 unspecified atom stereocenters. The number of nitriles is 1. The lowest BCUT2D eigenvalue weighted by Crippen LogP contribution is -2.46. The Balaban J connectivity index is 1.71. The third-order valence-corrected chi connectivity index (χ3v) is 4.46. The molecule has 7 heteroatoms. The number of hydrogen-bond donors (Lipinski definition) is 1. The average Bonchev–Trinajstić information content (AvgIpc) is 3.14. The van der Waals surface area contributed by atoms with Crippen LogP contribution in [0.15, 0.2) is 24.3 Å². The van der Waals surface area contributed by atoms with Gasteiger partial charge in [-0.1, -0.05) is 0 Å². The van der Waals surface area contributed by atoms with E-state index in [1.807, 2.05) is 6.92 Å². The van der Waals surface area contributed by atoms with E-state index < -0.39 is 24.0 Å². The molecule has 1 aromatic carbocycles. The van der Waals surface area contributed by atoms with E-state index >= 15 is 0 Å². The maximum Gasteiger partial charge on any atom is 0.306 e. The van der Waals surface area contributed by atoms with Gasteiger partial charge in [0.15, 0.2) is 12.4 Å². The summed E-state index contributed by atoms with van der Waals surface area (Å²) in [6, 6.07) is 8.84. The highest BCUT2D eigenvalue weighted by Gasteiger charge is 2.35. The maximum atomic E-state index is 12.1. The highest BCUT2D eigenvalue weighted by Crippen LogP contribution is 2.28. The second kappa shape index (κ2) is 9.72. The Hall–Kier alpha value is -2.88. The van der Waals surface area contributed by atoms with Gasteiger partial charge in [-0.3, -0.25) is 14.4 Å². The van der Waals surface area contributed by atoms with Gasteiger partial charge in [0, 0.05) is 12.0 Å². The molecule has 1 aromatic rings. The van der Waals surface area contributed by atoms with Crippen LogP contribution in [0, 0.1) is 11.3 Å². The van der Waals surface area contributed by atoms with Crippen LogP contribution >= 0.6 is 0 Å². The van der Waals surface area contributed by atoms with Crippen LogP contribution in [0.25, 0.3) is 0 Å². The molecule has 0 bridgehead atoms. The normalized spacial score (nSPS) is 14.8. The zero-order valence-corrected chi connectivity index (χ0v) is 15.5. The zero-order valence-electron chi connectivity index (χ0n) is 15.5. The number of amides is 1. The van der Waals surface area contributed by atoms with E-state index in [-0.39, 0.29) is 18.6 Å². The molecule has 7 nitrogen and oxygen atoms in total. The Kier molecular flexibility index (Phi) is 7.35. The van der Waals surface area contributed by atoms with Gasteiger partial charge in [-0.05, 0) is 56.9 Å². The van der Waals surface area contributed by atoms with Gasteiger partial charge < -0.3 is 14.8 Å². The summed E-state index contributed by atoms with van der Waals surface area (Å²) in [4.78, 5) is 35.8. The molecule has 0 aliphatic heterocycles. The molecule has 2 rings (SSSR count). The first-order valence-electron chi connectivity index (χ1n) is 9.12. The number of Topliss-reactive ketones (excluding diaryl/α,β-unsaturated/α-hetero) is 1. The lowest BCUT2D eigenvalue weighted by atomic mass is 10.00. The number of carbonyl (C=O) groups is 3. The molecule has 1 fully saturated rings. The van der Waals surface area contributed by atoms with E-state index in [2.05, 4.69) is 11.4 Å². The molecule has 1 saturated carbocycles. The van der Waals surface area contributed by atoms with Crippen molar-refractivity contribution in [3.05, 3.63) is 29.8 Å². The molecule has 144 valence electrons. The predicted octanol–water partition coefficient (Wildman–Crippen LogP) is 2.54. The molecule has 0 spiro atoms. The Morgan fingerprint density at radius 2 is 1.81 bits per heavy atom. The van der Waals surface area contributed by atoms with Crippen molar-refractivity contribution >= 4 is 17.7 Å². The van der Waals surface area contributed by atoms with Crippen LogP contribution in [0.2, 0.25) is 0 Å². The quantitative estimate of drug-likeness (QED) is 0.527. The van der Waals surface area contributed by atoms with Crippen molar-refractivity contribution in [1.82, 2.24) is 5.32 Å². The number of benzene rings is 1. The van der Waals surface area contributed by atoms with Gasteiger partial charge in [0.2, 0.25) is 0 Å². The zero-order chi connectivity index (χ0) is 19.7. The number of nitrogens with one attached hydrogen (secondary N) is 1. The van der Waals surface area contributed by atoms with Gasteiger partial charge in [-0.15, -0.1) is 0 Å². The van der Waals surface area contributed by atoms with E-state index in [1.165, 1.54) is 0 Å². The fourth-order valence-corrected chi connectivity index (χ4v) is 3.03. The summed E-state index contributed by atoms with van der Waals surface area (Å²) in [6.45, 7) is 1.97. The minimum absolute atomic E-state index is 0.00341. The van der Waals surface area contributed by atoms with Crippen LogP contribution < -0.4 is 10.1 Å². The summed E-state index contributed by atoms with van der Waals surface area (Å²) in [6.07, 6.45) is 2.89. The molecule has 0 heterocycles. The smallest absolute Gasteiger partial charge is 0.306 e. The van der Waals surface area contributed by atoms with Crippen molar-refractivity contribution in [2.24, 2.45) is 0 Å². The largest absolute Gasteiger partial charge is 0.494 e. The summed E-state index contributed by atoms with van der Waals surface area (Å²) in [5.74, 6) is -0.628. The summed E-state index contributed by atoms with van der Waals surface area (Å²) < 4.78 is 10.2. The van der Waals surface area contributed by atoms with Crippen molar-refractivity contribution in [2.75, 3.05) is 13.2 Å². The highest BCUT2D eigenvalue weighted by molar-refractivity contribution is 5.97. The van der Waals surface area contributed by atoms with Gasteiger partial charge >= 0.3 is 5.97 Å². The summed E-state index contributed by atoms with van der Waals surface area (Å²) >= 11 is 0. The Bertz CT molecular complexity index is 715. The first kappa shape index (κ1) is 20.4. The highest BCUT2D eigenvalue weighted by atomic mass is 16.5. The molecule has 0 atom stereocenters. The standard InChI is InChI=1S/C20H24N2O5/c1-2-26-16-7-5-15(6-8-16)17(23)9-10-19(25)27-13-18(24)22-20(14-21)11-3-4-12-20/h5-8H,2-4,9-13H2,1H3,(H,22,24). The van der Waals surface area contributed by atoms with Crippen LogP contribution in [0.3, 0.4) is 0 Å². The van der Waals surface area contributed by atoms with Gasteiger partial charge in [0.05, 0.1) is 19.1 Å². The molecule has 1 aliphatic rings. The lowest BCUT2D eigenvalue weighted by molar-refractivity contribution is -0.148. The van der Waals surface area contributed by atoms with Crippen LogP contribution in [0.1, 0.15) is 55.8 Å². The Labute approximate surface area is 158 Å². The fourth-order valence-electron chi connectivity index (χ4n) is 3.03. The van der Waals surface area contributed by atoms with Gasteiger partial charge in [-0.25, -0.2) is 0 Å². The van der Waals surface area contributed by atoms with E-state index in [1.54, 1.807) is 24.3 Å². The molecule has 1 aliphatic carbocycles. The summed E-state index contributed by atoms with van der Waals surface area (Å²) in [5, 5.41) is 11.9. The van der Waals surface area contributed by atoms with Crippen LogP contribution in [0.5, 0.6) is 5.75 Å². The number of hydrogen-bond acceptors (Lipinski definition) is 6. The van der Waals surface area contributed by atoms with E-state index in [4.69, 9.17) is 9.47 Å². The van der Waals surface area contributed by atoms with E-state index in [0.717, 1.165) is 12.8 Å². The Morgan fingerprint density at radius 1 is 1.15 bits per heavy atom. The van der Waals surface area contributed by atoms with Crippen LogP contribution in [0.4, 0.5) is 0 Å². The molecule has 1 N–H and O–H groups in total. The molecular weight excluding hydrogens is 348 g/mol. The van der Waals surface area contributed by atoms with Crippen molar-refractivity contribution in [3.63, 3.8) is 0 Å². The van der Waals surface area contributed by atoms with Gasteiger partial charge in [-0.2, -0.15) is 5.26 Å². The third-order valence-electron chi connectivity index (χ3n) is 4.46. The number of rotatable bonds is 9. The fraction of sp³-hybridized carbons (Fsp3) is 0.500. The van der Waals surface area contributed by atoms with Gasteiger partial charge in [0.1, 0.15) is 11.3 Å². The third kappa shape index (κ3) is 6.10. The van der Waals surface area contributed by atoms with Crippen molar-refractivity contribution in [2.45, 2.75) is 51.0 Å². The number of esters is 1. The molecule has 27 heavy (non-hydrogen) atoms. The Morgan fingerprint density at radius 3 is 2.41 bits per heavy atom. The van der Waals surface area contributed by atoms with E-state index in [9.17, 15) is 19.6 Å². The van der Waals surface area contributed by atoms with Crippen LogP contribution in [-0.2, 0) is 14.3 Å². The maximum absolute atomic E-state index is 12.1. The lowest BCUT2D eigenvalue weighted by Gasteiger charge is -2.21. The second-order valence-corrected chi connectivity index (χ2v) is 6.49. The first-order chi connectivity index (χ1) is 13.0. The van der Waals surface area contributed by atoms with Crippen LogP contribution in [-0.4, -0.2) is 36.4 Å². The minimum atomic E-state index is -0.840. The number of nitrogens with zero attached hydrogens (tertiary/aromatic N) is 1. The van der Waals surface area contributed by atoms with Crippen molar-refractivity contribution in [3.8, 4) is 11.8 Å². The topological polar surface area (TPSA) is 105 Å². The first-order valence-corrected chi connectivity index (χ1v) is 9.12. The number of carbonyl (C=O) groups excluding carboxylic acids is 3. The number of ether oxygens (including phenoxy) is 2. The monoisotopic (exact) mass is 372 g/mol. The summed E-state index contributed by atoms with van der Waals surface area (Å²) in [5.41, 5.74) is -0.353. The van der Waals surface area contributed by atoms with Crippen molar-refractivity contribution < 1.29 is 23.9 Å². The van der Waals surface area contributed by atoms with Crippen molar-refractivity contribution in [1.29, 1.82) is 5.26 Å². The summed E-state index contributed by atoms with van der Waals surface area (Å²) in [7, 11) is 0. The molecule has 0 aromatic heterocycles. The molecule has 1 amide bonds. The molecule has 0 radical (unpaired) electrons.